The van der Waals surface area contributed by atoms with Crippen LogP contribution in [0.5, 0.6) is 0 Å². The summed E-state index contributed by atoms with van der Waals surface area (Å²) in [6, 6.07) is 8.40. The van der Waals surface area contributed by atoms with Crippen LogP contribution in [0.3, 0.4) is 0 Å². The summed E-state index contributed by atoms with van der Waals surface area (Å²) in [6.07, 6.45) is 4.65. The number of nitrogens with zero attached hydrogens (tertiary/aromatic N) is 2. The van der Waals surface area contributed by atoms with E-state index in [4.69, 9.17) is 0 Å². The van der Waals surface area contributed by atoms with Gasteiger partial charge in [0.1, 0.15) is 5.82 Å². The predicted molar refractivity (Wildman–Crippen MR) is 69.8 cm³/mol. The van der Waals surface area contributed by atoms with Gasteiger partial charge in [0.15, 0.2) is 0 Å². The van der Waals surface area contributed by atoms with E-state index >= 15 is 0 Å². The van der Waals surface area contributed by atoms with Crippen LogP contribution >= 0.6 is 0 Å². The third-order valence-corrected chi connectivity index (χ3v) is 2.69. The monoisotopic (exact) mass is 227 g/mol. The largest absolute Gasteiger partial charge is 0.319 e. The fourth-order valence-electron chi connectivity index (χ4n) is 1.62. The summed E-state index contributed by atoms with van der Waals surface area (Å²) in [5, 5.41) is 3.09. The molecule has 0 saturated carbocycles. The Balaban J connectivity index is 2.14. The van der Waals surface area contributed by atoms with Crippen LogP contribution in [-0.4, -0.2) is 23.6 Å². The average molecular weight is 227 g/mol. The second-order valence-corrected chi connectivity index (χ2v) is 4.11. The van der Waals surface area contributed by atoms with Gasteiger partial charge < -0.3 is 5.32 Å². The molecule has 0 saturated heterocycles. The van der Waals surface area contributed by atoms with Gasteiger partial charge in [-0.25, -0.2) is 9.97 Å². The van der Waals surface area contributed by atoms with Crippen LogP contribution in [0.25, 0.3) is 11.1 Å². The summed E-state index contributed by atoms with van der Waals surface area (Å²) in [6.45, 7) is 2.99. The summed E-state index contributed by atoms with van der Waals surface area (Å²) in [4.78, 5) is 8.73. The summed E-state index contributed by atoms with van der Waals surface area (Å²) in [5.41, 5.74) is 3.49. The van der Waals surface area contributed by atoms with Crippen LogP contribution in [0.4, 0.5) is 0 Å². The van der Waals surface area contributed by atoms with Crippen molar-refractivity contribution in [2.45, 2.75) is 13.3 Å². The fraction of sp³-hybridized carbons (Fsp3) is 0.286. The Morgan fingerprint density at radius 1 is 1.00 bits per heavy atom. The van der Waals surface area contributed by atoms with Gasteiger partial charge >= 0.3 is 0 Å². The number of aryl methyl sites for hydroxylation is 1. The van der Waals surface area contributed by atoms with E-state index in [1.54, 1.807) is 0 Å². The molecule has 0 fully saturated rings. The number of benzene rings is 1. The maximum atomic E-state index is 4.36. The molecule has 2 rings (SSSR count). The molecule has 3 heteroatoms. The molecule has 0 unspecified atom stereocenters. The van der Waals surface area contributed by atoms with Gasteiger partial charge in [-0.15, -0.1) is 0 Å². The zero-order chi connectivity index (χ0) is 12.1. The minimum Gasteiger partial charge on any atom is -0.319 e. The number of hydrogen-bond acceptors (Lipinski definition) is 3. The van der Waals surface area contributed by atoms with Gasteiger partial charge in [-0.05, 0) is 19.5 Å². The maximum absolute atomic E-state index is 4.36. The molecule has 0 aliphatic rings. The highest BCUT2D eigenvalue weighted by atomic mass is 14.9. The molecule has 0 aliphatic carbocycles. The Bertz CT molecular complexity index is 460. The molecule has 0 radical (unpaired) electrons. The van der Waals surface area contributed by atoms with Crippen molar-refractivity contribution < 1.29 is 0 Å². The standard InChI is InChI=1S/C14H17N3/c1-11-3-5-12(6-4-11)13-9-16-14(17-10-13)7-8-15-2/h3-6,9-10,15H,7-8H2,1-2H3. The van der Waals surface area contributed by atoms with Gasteiger partial charge in [0.2, 0.25) is 0 Å². The van der Waals surface area contributed by atoms with Crippen molar-refractivity contribution in [3.63, 3.8) is 0 Å². The molecule has 0 aliphatic heterocycles. The zero-order valence-electron chi connectivity index (χ0n) is 10.3. The second kappa shape index (κ2) is 5.55. The Labute approximate surface area is 102 Å². The number of aromatic nitrogens is 2. The molecule has 17 heavy (non-hydrogen) atoms. The molecule has 1 heterocycles. The van der Waals surface area contributed by atoms with E-state index in [-0.39, 0.29) is 0 Å². The van der Waals surface area contributed by atoms with Gasteiger partial charge in [-0.3, -0.25) is 0 Å². The number of rotatable bonds is 4. The van der Waals surface area contributed by atoms with Gasteiger partial charge in [-0.2, -0.15) is 0 Å². The second-order valence-electron chi connectivity index (χ2n) is 4.11. The van der Waals surface area contributed by atoms with E-state index in [9.17, 15) is 0 Å². The molecule has 0 atom stereocenters. The van der Waals surface area contributed by atoms with Crippen molar-refractivity contribution in [2.24, 2.45) is 0 Å². The van der Waals surface area contributed by atoms with Crippen molar-refractivity contribution >= 4 is 0 Å². The predicted octanol–water partition coefficient (Wildman–Crippen LogP) is 2.21. The van der Waals surface area contributed by atoms with Crippen LogP contribution in [0, 0.1) is 6.92 Å². The number of likely N-dealkylation sites (N-methyl/N-ethyl adjacent to an activating group) is 1. The first kappa shape index (κ1) is 11.7. The van der Waals surface area contributed by atoms with Crippen molar-refractivity contribution in [3.8, 4) is 11.1 Å². The summed E-state index contributed by atoms with van der Waals surface area (Å²) in [7, 11) is 1.93. The van der Waals surface area contributed by atoms with Crippen LogP contribution in [-0.2, 0) is 6.42 Å². The molecule has 1 N–H and O–H groups in total. The molecule has 88 valence electrons. The highest BCUT2D eigenvalue weighted by Gasteiger charge is 2.00. The lowest BCUT2D eigenvalue weighted by molar-refractivity contribution is 0.755. The highest BCUT2D eigenvalue weighted by molar-refractivity contribution is 5.61. The van der Waals surface area contributed by atoms with Crippen molar-refractivity contribution in [3.05, 3.63) is 48.0 Å². The molecular formula is C14H17N3. The minimum absolute atomic E-state index is 0.866. The minimum atomic E-state index is 0.866. The van der Waals surface area contributed by atoms with E-state index < -0.39 is 0 Å². The molecule has 1 aromatic carbocycles. The maximum Gasteiger partial charge on any atom is 0.129 e. The average Bonchev–Trinajstić information content (AvgIpc) is 2.38. The molecule has 0 spiro atoms. The number of nitrogens with one attached hydrogen (secondary N) is 1. The van der Waals surface area contributed by atoms with Gasteiger partial charge in [0.05, 0.1) is 0 Å². The summed E-state index contributed by atoms with van der Waals surface area (Å²) in [5.74, 6) is 0.884. The third-order valence-electron chi connectivity index (χ3n) is 2.69. The SMILES string of the molecule is CNCCc1ncc(-c2ccc(C)cc2)cn1. The first-order valence-corrected chi connectivity index (χ1v) is 5.82. The van der Waals surface area contributed by atoms with Crippen LogP contribution in [0.2, 0.25) is 0 Å². The Morgan fingerprint density at radius 2 is 1.65 bits per heavy atom. The third kappa shape index (κ3) is 3.11. The molecular weight excluding hydrogens is 210 g/mol. The van der Waals surface area contributed by atoms with Gasteiger partial charge in [0.25, 0.3) is 0 Å². The first-order chi connectivity index (χ1) is 8.29. The van der Waals surface area contributed by atoms with Crippen LogP contribution in [0.15, 0.2) is 36.7 Å². The number of hydrogen-bond donors (Lipinski definition) is 1. The Morgan fingerprint density at radius 3 is 2.24 bits per heavy atom. The van der Waals surface area contributed by atoms with E-state index in [0.29, 0.717) is 0 Å². The smallest absolute Gasteiger partial charge is 0.129 e. The Hall–Kier alpha value is -1.74. The molecule has 2 aromatic rings. The Kier molecular flexibility index (Phi) is 3.83. The molecule has 3 nitrogen and oxygen atoms in total. The van der Waals surface area contributed by atoms with Gasteiger partial charge in [-0.1, -0.05) is 29.8 Å². The lowest BCUT2D eigenvalue weighted by atomic mass is 10.1. The van der Waals surface area contributed by atoms with Crippen molar-refractivity contribution in [1.82, 2.24) is 15.3 Å². The lowest BCUT2D eigenvalue weighted by Crippen LogP contribution is -2.12. The van der Waals surface area contributed by atoms with Crippen molar-refractivity contribution in [2.75, 3.05) is 13.6 Å². The zero-order valence-corrected chi connectivity index (χ0v) is 10.3. The van der Waals surface area contributed by atoms with E-state index in [1.807, 2.05) is 19.4 Å². The molecule has 0 bridgehead atoms. The quantitative estimate of drug-likeness (QED) is 0.870. The van der Waals surface area contributed by atoms with Crippen molar-refractivity contribution in [1.29, 1.82) is 0 Å². The fourth-order valence-corrected chi connectivity index (χ4v) is 1.62. The molecule has 0 amide bonds. The molecule has 1 aromatic heterocycles. The first-order valence-electron chi connectivity index (χ1n) is 5.82. The van der Waals surface area contributed by atoms with E-state index in [2.05, 4.69) is 46.5 Å². The van der Waals surface area contributed by atoms with Crippen LogP contribution < -0.4 is 5.32 Å². The summed E-state index contributed by atoms with van der Waals surface area (Å²) >= 11 is 0. The van der Waals surface area contributed by atoms with Gasteiger partial charge in [0, 0.05) is 30.9 Å². The topological polar surface area (TPSA) is 37.8 Å². The van der Waals surface area contributed by atoms with Crippen LogP contribution in [0.1, 0.15) is 11.4 Å². The lowest BCUT2D eigenvalue weighted by Gasteiger charge is -2.03. The van der Waals surface area contributed by atoms with E-state index in [1.165, 1.54) is 5.56 Å². The van der Waals surface area contributed by atoms with E-state index in [0.717, 1.165) is 29.9 Å². The highest BCUT2D eigenvalue weighted by Crippen LogP contribution is 2.17. The normalized spacial score (nSPS) is 10.5. The summed E-state index contributed by atoms with van der Waals surface area (Å²) < 4.78 is 0.